The zero-order chi connectivity index (χ0) is 89.4. The number of aliphatic hydroxyl groups excluding tert-OH is 1. The van der Waals surface area contributed by atoms with Gasteiger partial charge < -0.3 is 130 Å². The molecular weight excluding hydrogens is 1550 g/mol. The average molecular weight is 1680 g/mol. The number of nitrogens with one attached hydrogen (secondary N) is 13. The number of carboxylic acid groups (broad SMARTS) is 2. The van der Waals surface area contributed by atoms with Gasteiger partial charge in [-0.25, -0.2) is 4.79 Å². The number of aliphatic carboxylic acids is 2. The van der Waals surface area contributed by atoms with Crippen molar-refractivity contribution in [3.05, 3.63) is 65.7 Å². The van der Waals surface area contributed by atoms with Gasteiger partial charge in [0.25, 0.3) is 0 Å². The van der Waals surface area contributed by atoms with Crippen molar-refractivity contribution >= 4 is 88.7 Å². The van der Waals surface area contributed by atoms with Crippen LogP contribution in [0.25, 0.3) is 0 Å². The molecule has 0 bridgehead atoms. The number of aromatic hydroxyl groups is 1. The Labute approximate surface area is 696 Å². The average Bonchev–Trinajstić information content (AvgIpc) is 0.852. The minimum absolute atomic E-state index is 0.00236. The molecule has 0 aliphatic carbocycles. The van der Waals surface area contributed by atoms with E-state index in [9.17, 15) is 92.3 Å². The van der Waals surface area contributed by atoms with Crippen molar-refractivity contribution in [1.29, 1.82) is 0 Å². The second-order valence-electron chi connectivity index (χ2n) is 31.5. The molecular formula is C80H136N20O19. The fourth-order valence-electron chi connectivity index (χ4n) is 12.6. The van der Waals surface area contributed by atoms with Gasteiger partial charge in [-0.3, -0.25) is 67.1 Å². The molecule has 2 aromatic carbocycles. The third kappa shape index (κ3) is 41.5. The van der Waals surface area contributed by atoms with E-state index in [4.69, 9.17) is 40.1 Å². The zero-order valence-corrected chi connectivity index (χ0v) is 70.1. The van der Waals surface area contributed by atoms with E-state index < -0.39 is 193 Å². The number of nitrogens with two attached hydrogens (primary N) is 7. The summed E-state index contributed by atoms with van der Waals surface area (Å²) in [6, 6.07) is -5.65. The first-order valence-electron chi connectivity index (χ1n) is 41.1. The molecule has 0 saturated heterocycles. The van der Waals surface area contributed by atoms with Crippen molar-refractivity contribution in [2.75, 3.05) is 45.9 Å². The van der Waals surface area contributed by atoms with Crippen LogP contribution in [0.1, 0.15) is 182 Å². The zero-order valence-electron chi connectivity index (χ0n) is 70.1. The fraction of sp³-hybridized carbons (Fsp3) is 0.662. The molecule has 39 nitrogen and oxygen atoms in total. The van der Waals surface area contributed by atoms with E-state index in [0.717, 1.165) is 0 Å². The lowest BCUT2D eigenvalue weighted by molar-refractivity contribution is -0.142. The topological polar surface area (TPSA) is 675 Å². The number of carbonyl (C=O) groups is 15. The maximum absolute atomic E-state index is 14.7. The Morgan fingerprint density at radius 1 is 0.294 bits per heavy atom. The quantitative estimate of drug-likeness (QED) is 0.0304. The van der Waals surface area contributed by atoms with E-state index in [0.29, 0.717) is 24.0 Å². The van der Waals surface area contributed by atoms with E-state index in [1.165, 1.54) is 24.3 Å². The lowest BCUT2D eigenvalue weighted by Gasteiger charge is -2.29. The predicted molar refractivity (Wildman–Crippen MR) is 444 cm³/mol. The number of hydrogen-bond acceptors (Lipinski definition) is 24. The number of carboxylic acids is 2. The van der Waals surface area contributed by atoms with E-state index >= 15 is 0 Å². The monoisotopic (exact) mass is 1680 g/mol. The third-order valence-electron chi connectivity index (χ3n) is 19.1. The maximum atomic E-state index is 14.7. The summed E-state index contributed by atoms with van der Waals surface area (Å²) in [5.41, 5.74) is 41.9. The number of benzene rings is 2. The van der Waals surface area contributed by atoms with Crippen LogP contribution >= 0.6 is 0 Å². The van der Waals surface area contributed by atoms with E-state index in [-0.39, 0.29) is 171 Å². The second kappa shape index (κ2) is 57.2. The summed E-state index contributed by atoms with van der Waals surface area (Å²) in [7, 11) is 0. The SMILES string of the molecule is CC(C)C[C@H](NC(=O)[C@H](CO)NC(=O)[C@H](CCCN)NC(=O)[C@H](CC(C)C)NC(=O)[C@H](CC(C)C)NC(=O)[C@H](CCC(=O)O)NC(=O)[C@H](CCCN)NC(=O)[C@H](Cc1ccccc1)NC(=O)[C@H](CC(C)C)NC(=O)[C@H](CCCN)NC(=O)[C@@H](N)CCCN)C(=O)N[C@@H](CCCN)C(=O)N[C@@H](CCCN)C(=O)N[C@@H](Cc1ccc(O)cc1)C(=O)O. The van der Waals surface area contributed by atoms with Gasteiger partial charge in [-0.15, -0.1) is 0 Å². The molecule has 670 valence electrons. The van der Waals surface area contributed by atoms with Crippen LogP contribution in [0.5, 0.6) is 5.75 Å². The Bertz CT molecular complexity index is 3520. The molecule has 0 heterocycles. The normalized spacial score (nSPS) is 14.9. The molecule has 0 aliphatic heterocycles. The number of carbonyl (C=O) groups excluding carboxylic acids is 13. The Balaban J connectivity index is 2.49. The van der Waals surface area contributed by atoms with Gasteiger partial charge in [0.05, 0.1) is 12.6 Å². The van der Waals surface area contributed by atoms with E-state index in [1.807, 2.05) is 0 Å². The molecule has 13 amide bonds. The van der Waals surface area contributed by atoms with Crippen LogP contribution in [0.2, 0.25) is 0 Å². The summed E-state index contributed by atoms with van der Waals surface area (Å²) < 4.78 is 0. The Morgan fingerprint density at radius 3 is 0.824 bits per heavy atom. The molecule has 14 atom stereocenters. The van der Waals surface area contributed by atoms with Gasteiger partial charge in [0, 0.05) is 19.3 Å². The van der Waals surface area contributed by atoms with Gasteiger partial charge in [0.2, 0.25) is 76.8 Å². The highest BCUT2D eigenvalue weighted by atomic mass is 16.4. The summed E-state index contributed by atoms with van der Waals surface area (Å²) in [6.07, 6.45) is -0.395. The first-order valence-corrected chi connectivity index (χ1v) is 41.1. The molecule has 2 aromatic rings. The Hall–Kier alpha value is -10.0. The predicted octanol–water partition coefficient (Wildman–Crippen LogP) is -3.63. The van der Waals surface area contributed by atoms with Gasteiger partial charge in [0.15, 0.2) is 0 Å². The highest BCUT2D eigenvalue weighted by Crippen LogP contribution is 2.18. The third-order valence-corrected chi connectivity index (χ3v) is 19.1. The maximum Gasteiger partial charge on any atom is 0.326 e. The van der Waals surface area contributed by atoms with Crippen LogP contribution in [0, 0.1) is 23.7 Å². The molecule has 2 rings (SSSR count). The summed E-state index contributed by atoms with van der Waals surface area (Å²) in [4.78, 5) is 210. The van der Waals surface area contributed by atoms with Crippen molar-refractivity contribution in [2.45, 2.75) is 268 Å². The summed E-state index contributed by atoms with van der Waals surface area (Å²) >= 11 is 0. The first-order chi connectivity index (χ1) is 56.3. The van der Waals surface area contributed by atoms with Gasteiger partial charge in [0.1, 0.15) is 84.3 Å². The van der Waals surface area contributed by atoms with Gasteiger partial charge in [-0.2, -0.15) is 0 Å². The molecule has 31 N–H and O–H groups in total. The lowest BCUT2D eigenvalue weighted by Crippen LogP contribution is -2.61. The second-order valence-corrected chi connectivity index (χ2v) is 31.5. The lowest BCUT2D eigenvalue weighted by atomic mass is 9.99. The molecule has 0 aromatic heterocycles. The van der Waals surface area contributed by atoms with Crippen molar-refractivity contribution < 1.29 is 92.3 Å². The van der Waals surface area contributed by atoms with Crippen LogP contribution in [-0.2, 0) is 84.8 Å². The number of phenols is 1. The number of aliphatic hydroxyl groups is 1. The van der Waals surface area contributed by atoms with Crippen LogP contribution < -0.4 is 109 Å². The minimum atomic E-state index is -1.78. The van der Waals surface area contributed by atoms with Crippen molar-refractivity contribution in [1.82, 2.24) is 69.1 Å². The van der Waals surface area contributed by atoms with E-state index in [1.54, 1.807) is 85.7 Å². The van der Waals surface area contributed by atoms with Gasteiger partial charge >= 0.3 is 11.9 Å². The van der Waals surface area contributed by atoms with E-state index in [2.05, 4.69) is 69.1 Å². The van der Waals surface area contributed by atoms with Crippen LogP contribution in [0.4, 0.5) is 0 Å². The van der Waals surface area contributed by atoms with Crippen LogP contribution in [0.3, 0.4) is 0 Å². The molecule has 0 radical (unpaired) electrons. The van der Waals surface area contributed by atoms with Crippen LogP contribution in [-0.4, -0.2) is 240 Å². The molecule has 0 aliphatic rings. The van der Waals surface area contributed by atoms with Gasteiger partial charge in [-0.1, -0.05) is 97.9 Å². The van der Waals surface area contributed by atoms with Crippen molar-refractivity contribution in [2.24, 2.45) is 63.8 Å². The highest BCUT2D eigenvalue weighted by Gasteiger charge is 2.39. The summed E-state index contributed by atoms with van der Waals surface area (Å²) in [5.74, 6) is -15.6. The molecule has 119 heavy (non-hydrogen) atoms. The summed E-state index contributed by atoms with van der Waals surface area (Å²) in [5, 5.41) is 74.2. The number of rotatable bonds is 61. The van der Waals surface area contributed by atoms with Crippen molar-refractivity contribution in [3.8, 4) is 5.75 Å². The molecule has 39 heteroatoms. The molecule has 0 unspecified atom stereocenters. The highest BCUT2D eigenvalue weighted by molar-refractivity contribution is 6.00. The smallest absolute Gasteiger partial charge is 0.326 e. The number of phenolic OH excluding ortho intramolecular Hbond substituents is 1. The first kappa shape index (κ1) is 105. The standard InChI is InChI=1S/C80H136N20O19/c1-45(2)38-59(74(112)91-57(25-17-37-86)72(110)100-65(44-101)79(117)97-60(39-46(3)4)75(113)90-54(22-14-34-83)68(106)89-56(24-16-36-85)71(109)99-64(80(118)119)43-50-26-28-51(102)29-27-50)96-76(114)61(40-47(5)6)95-73(111)58(30-31-66(103)104)93-69(107)55(23-15-35-84)92-78(116)63(42-49-18-10-9-11-19-49)98-77(115)62(41-48(7)8)94-70(108)53(21-13-33-82)88-67(105)52(87)20-12-32-81/h9-11,18-19,26-29,45-48,52-65,101-102H,12-17,20-25,30-44,81-87H2,1-8H3,(H,88,105)(H,89,106)(H,90,113)(H,91,112)(H,92,116)(H,93,107)(H,94,108)(H,95,111)(H,96,114)(H,97,117)(H,98,115)(H,99,109)(H,100,110)(H,103,104)(H,118,119)/t52-,53-,54-,55-,56-,57-,58-,59-,60-,61-,62-,63-,64-,65-/m0/s1. The van der Waals surface area contributed by atoms with Crippen LogP contribution in [0.15, 0.2) is 54.6 Å². The fourth-order valence-corrected chi connectivity index (χ4v) is 12.6. The van der Waals surface area contributed by atoms with Crippen molar-refractivity contribution in [3.63, 3.8) is 0 Å². The summed E-state index contributed by atoms with van der Waals surface area (Å²) in [6.45, 7) is 13.5. The Kier molecular flexibility index (Phi) is 50.5. The molecule has 0 saturated carbocycles. The largest absolute Gasteiger partial charge is 0.508 e. The van der Waals surface area contributed by atoms with Gasteiger partial charge in [-0.05, 0) is 195 Å². The minimum Gasteiger partial charge on any atom is -0.508 e. The number of amides is 13. The molecule has 0 spiro atoms. The number of hydrogen-bond donors (Lipinski definition) is 24. The molecule has 0 fully saturated rings. The Morgan fingerprint density at radius 2 is 0.529 bits per heavy atom.